The van der Waals surface area contributed by atoms with Gasteiger partial charge in [0.1, 0.15) is 12.2 Å². The molecule has 0 spiro atoms. The minimum atomic E-state index is -0.568. The molecule has 5 heteroatoms. The maximum absolute atomic E-state index is 12.9. The molecule has 1 N–H and O–H groups in total. The third-order valence-corrected chi connectivity index (χ3v) is 5.68. The smallest absolute Gasteiger partial charge is 0.250 e. The molecule has 0 bridgehead atoms. The standard InChI is InChI=1S/C24H21Cl2NO2/c1-15-2-4-16(5-3-15)14-21-24(28)27-22(17-6-10-19(25)11-7-17)23(29-21)18-8-12-20(26)13-9-18/h2-13,21-23H,14H2,1H3,(H,27,28)/t21-,22+,23-/m0/s1. The van der Waals surface area contributed by atoms with Crippen LogP contribution >= 0.6 is 23.2 Å². The Morgan fingerprint density at radius 2 is 1.38 bits per heavy atom. The second-order valence-electron chi connectivity index (χ2n) is 7.32. The van der Waals surface area contributed by atoms with Crippen molar-refractivity contribution in [3.63, 3.8) is 0 Å². The molecule has 1 amide bonds. The average molecular weight is 426 g/mol. The minimum absolute atomic E-state index is 0.115. The maximum atomic E-state index is 12.9. The molecule has 1 aliphatic rings. The first-order valence-electron chi connectivity index (χ1n) is 9.52. The Hall–Kier alpha value is -2.33. The van der Waals surface area contributed by atoms with E-state index in [1.807, 2.05) is 79.7 Å². The molecular formula is C24H21Cl2NO2. The van der Waals surface area contributed by atoms with Gasteiger partial charge in [-0.25, -0.2) is 0 Å². The van der Waals surface area contributed by atoms with Crippen LogP contribution in [0.3, 0.4) is 0 Å². The first-order chi connectivity index (χ1) is 14.0. The summed E-state index contributed by atoms with van der Waals surface area (Å²) in [5, 5.41) is 4.47. The van der Waals surface area contributed by atoms with Gasteiger partial charge in [0.15, 0.2) is 0 Å². The van der Waals surface area contributed by atoms with Gasteiger partial charge in [0.25, 0.3) is 0 Å². The summed E-state index contributed by atoms with van der Waals surface area (Å²) in [6.45, 7) is 2.04. The summed E-state index contributed by atoms with van der Waals surface area (Å²) >= 11 is 12.1. The lowest BCUT2D eigenvalue weighted by molar-refractivity contribution is -0.150. The molecule has 3 aromatic carbocycles. The minimum Gasteiger partial charge on any atom is -0.358 e. The van der Waals surface area contributed by atoms with Gasteiger partial charge in [-0.1, -0.05) is 77.3 Å². The lowest BCUT2D eigenvalue weighted by Crippen LogP contribution is -2.48. The van der Waals surface area contributed by atoms with Gasteiger partial charge in [0.05, 0.1) is 6.04 Å². The number of aryl methyl sites for hydroxylation is 1. The number of nitrogens with one attached hydrogen (secondary N) is 1. The number of morpholine rings is 1. The molecule has 3 aromatic rings. The monoisotopic (exact) mass is 425 g/mol. The quantitative estimate of drug-likeness (QED) is 0.569. The predicted molar refractivity (Wildman–Crippen MR) is 116 cm³/mol. The van der Waals surface area contributed by atoms with Crippen LogP contribution in [-0.4, -0.2) is 12.0 Å². The molecule has 148 valence electrons. The number of halogens is 2. The van der Waals surface area contributed by atoms with Gasteiger partial charge in [0.2, 0.25) is 5.91 Å². The van der Waals surface area contributed by atoms with E-state index in [2.05, 4.69) is 5.32 Å². The third kappa shape index (κ3) is 4.64. The average Bonchev–Trinajstić information content (AvgIpc) is 2.72. The Kier molecular flexibility index (Phi) is 5.91. The molecule has 0 saturated carbocycles. The van der Waals surface area contributed by atoms with E-state index in [-0.39, 0.29) is 18.1 Å². The van der Waals surface area contributed by atoms with Crippen molar-refractivity contribution in [3.8, 4) is 0 Å². The molecule has 3 nitrogen and oxygen atoms in total. The van der Waals surface area contributed by atoms with Crippen molar-refractivity contribution in [2.45, 2.75) is 31.6 Å². The van der Waals surface area contributed by atoms with Crippen molar-refractivity contribution in [2.75, 3.05) is 0 Å². The first kappa shape index (κ1) is 20.0. The molecule has 0 radical (unpaired) electrons. The zero-order valence-electron chi connectivity index (χ0n) is 15.9. The van der Waals surface area contributed by atoms with Crippen LogP contribution in [0, 0.1) is 6.92 Å². The Labute approximate surface area is 180 Å². The van der Waals surface area contributed by atoms with E-state index in [9.17, 15) is 4.79 Å². The highest BCUT2D eigenvalue weighted by Crippen LogP contribution is 2.37. The van der Waals surface area contributed by atoms with E-state index in [4.69, 9.17) is 27.9 Å². The summed E-state index contributed by atoms with van der Waals surface area (Å²) in [6, 6.07) is 22.9. The van der Waals surface area contributed by atoms with Crippen LogP contribution in [0.25, 0.3) is 0 Å². The molecular weight excluding hydrogens is 405 g/mol. The zero-order valence-corrected chi connectivity index (χ0v) is 17.5. The van der Waals surface area contributed by atoms with E-state index >= 15 is 0 Å². The zero-order chi connectivity index (χ0) is 20.4. The van der Waals surface area contributed by atoms with Crippen molar-refractivity contribution >= 4 is 29.1 Å². The highest BCUT2D eigenvalue weighted by atomic mass is 35.5. The highest BCUT2D eigenvalue weighted by Gasteiger charge is 2.38. The van der Waals surface area contributed by atoms with Crippen molar-refractivity contribution in [1.29, 1.82) is 0 Å². The summed E-state index contributed by atoms with van der Waals surface area (Å²) < 4.78 is 6.37. The number of hydrogen-bond acceptors (Lipinski definition) is 2. The number of carbonyl (C=O) groups excluding carboxylic acids is 1. The van der Waals surface area contributed by atoms with Gasteiger partial charge >= 0.3 is 0 Å². The molecule has 3 atom stereocenters. The van der Waals surface area contributed by atoms with Crippen LogP contribution in [0.5, 0.6) is 0 Å². The summed E-state index contributed by atoms with van der Waals surface area (Å²) in [6.07, 6.45) is -0.382. The van der Waals surface area contributed by atoms with Crippen molar-refractivity contribution in [2.24, 2.45) is 0 Å². The van der Waals surface area contributed by atoms with Crippen molar-refractivity contribution in [1.82, 2.24) is 5.32 Å². The Bertz CT molecular complexity index is 985. The molecule has 1 saturated heterocycles. The van der Waals surface area contributed by atoms with Gasteiger partial charge in [0, 0.05) is 16.5 Å². The topological polar surface area (TPSA) is 38.3 Å². The van der Waals surface area contributed by atoms with Gasteiger partial charge in [-0.05, 0) is 47.9 Å². The molecule has 0 unspecified atom stereocenters. The normalized spacial score (nSPS) is 21.6. The molecule has 29 heavy (non-hydrogen) atoms. The van der Waals surface area contributed by atoms with Gasteiger partial charge in [-0.15, -0.1) is 0 Å². The maximum Gasteiger partial charge on any atom is 0.250 e. The number of carbonyl (C=O) groups is 1. The fourth-order valence-corrected chi connectivity index (χ4v) is 3.82. The van der Waals surface area contributed by atoms with Crippen LogP contribution in [0.15, 0.2) is 72.8 Å². The molecule has 0 aliphatic carbocycles. The van der Waals surface area contributed by atoms with Crippen LogP contribution in [0.4, 0.5) is 0 Å². The number of amides is 1. The fraction of sp³-hybridized carbons (Fsp3) is 0.208. The second-order valence-corrected chi connectivity index (χ2v) is 8.20. The summed E-state index contributed by atoms with van der Waals surface area (Å²) in [5.74, 6) is -0.115. The highest BCUT2D eigenvalue weighted by molar-refractivity contribution is 6.30. The Morgan fingerprint density at radius 1 is 0.828 bits per heavy atom. The Balaban J connectivity index is 1.64. The molecule has 4 rings (SSSR count). The van der Waals surface area contributed by atoms with E-state index in [0.717, 1.165) is 16.7 Å². The van der Waals surface area contributed by atoms with E-state index in [1.54, 1.807) is 0 Å². The fourth-order valence-electron chi connectivity index (χ4n) is 3.57. The SMILES string of the molecule is Cc1ccc(C[C@@H]2O[C@@H](c3ccc(Cl)cc3)[C@@H](c3ccc(Cl)cc3)NC2=O)cc1. The summed E-state index contributed by atoms with van der Waals surface area (Å²) in [5.41, 5.74) is 4.15. The lowest BCUT2D eigenvalue weighted by Gasteiger charge is -2.37. The molecule has 1 fully saturated rings. The van der Waals surface area contributed by atoms with Crippen molar-refractivity contribution < 1.29 is 9.53 Å². The first-order valence-corrected chi connectivity index (χ1v) is 10.3. The van der Waals surface area contributed by atoms with Gasteiger partial charge < -0.3 is 10.1 Å². The lowest BCUT2D eigenvalue weighted by atomic mass is 9.92. The summed E-state index contributed by atoms with van der Waals surface area (Å²) in [7, 11) is 0. The van der Waals surface area contributed by atoms with Gasteiger partial charge in [-0.2, -0.15) is 0 Å². The number of ether oxygens (including phenoxy) is 1. The Morgan fingerprint density at radius 3 is 1.97 bits per heavy atom. The van der Waals surface area contributed by atoms with Crippen LogP contribution in [-0.2, 0) is 16.0 Å². The second kappa shape index (κ2) is 8.58. The van der Waals surface area contributed by atoms with Crippen molar-refractivity contribution in [3.05, 3.63) is 105 Å². The number of hydrogen-bond donors (Lipinski definition) is 1. The predicted octanol–water partition coefficient (Wildman–Crippen LogP) is 5.84. The van der Waals surface area contributed by atoms with Gasteiger partial charge in [-0.3, -0.25) is 4.79 Å². The molecule has 1 heterocycles. The van der Waals surface area contributed by atoms with Crippen LogP contribution < -0.4 is 5.32 Å². The van der Waals surface area contributed by atoms with Crippen LogP contribution in [0.1, 0.15) is 34.4 Å². The van der Waals surface area contributed by atoms with E-state index < -0.39 is 6.10 Å². The van der Waals surface area contributed by atoms with E-state index in [1.165, 1.54) is 5.56 Å². The summed E-state index contributed by atoms with van der Waals surface area (Å²) in [4.78, 5) is 12.9. The largest absolute Gasteiger partial charge is 0.358 e. The van der Waals surface area contributed by atoms with E-state index in [0.29, 0.717) is 16.5 Å². The third-order valence-electron chi connectivity index (χ3n) is 5.17. The number of benzene rings is 3. The number of rotatable bonds is 4. The van der Waals surface area contributed by atoms with Crippen LogP contribution in [0.2, 0.25) is 10.0 Å². The molecule has 0 aromatic heterocycles. The molecule has 1 aliphatic heterocycles.